The highest BCUT2D eigenvalue weighted by Gasteiger charge is 2.31. The van der Waals surface area contributed by atoms with Gasteiger partial charge in [0.1, 0.15) is 0 Å². The number of isothiocyanates is 1. The monoisotopic (exact) mass is 341 g/mol. The standard InChI is InChI=1S/C23H19NS/c1-16-10-21(16)11-18-5-2-17(3-6-18)4-7-19-12-20-8-9-23(24-15-25)14-22(20)13-19/h2-3,5-6,8-9,12,14,16,21H,10-11,13H2,1H3. The molecule has 0 spiro atoms. The highest BCUT2D eigenvalue weighted by molar-refractivity contribution is 7.78. The Morgan fingerprint density at radius 1 is 1.12 bits per heavy atom. The van der Waals surface area contributed by atoms with E-state index in [4.69, 9.17) is 0 Å². The molecule has 0 aromatic heterocycles. The fraction of sp³-hybridized carbons (Fsp3) is 0.261. The first-order valence-electron chi connectivity index (χ1n) is 8.73. The molecule has 1 saturated carbocycles. The lowest BCUT2D eigenvalue weighted by molar-refractivity contribution is 0.747. The Labute approximate surface area is 154 Å². The number of allylic oxidation sites excluding steroid dienone is 1. The molecule has 4 rings (SSSR count). The van der Waals surface area contributed by atoms with Crippen LogP contribution in [0.2, 0.25) is 0 Å². The summed E-state index contributed by atoms with van der Waals surface area (Å²) in [6.45, 7) is 2.34. The maximum Gasteiger partial charge on any atom is 0.0742 e. The van der Waals surface area contributed by atoms with Crippen LogP contribution in [0.4, 0.5) is 5.69 Å². The van der Waals surface area contributed by atoms with Gasteiger partial charge in [-0.1, -0.05) is 37.0 Å². The average molecular weight is 341 g/mol. The molecule has 2 aliphatic rings. The smallest absolute Gasteiger partial charge is 0.0742 e. The molecule has 0 amide bonds. The molecule has 0 aliphatic heterocycles. The number of fused-ring (bicyclic) bond motifs is 1. The molecule has 1 nitrogen and oxygen atoms in total. The molecule has 0 bridgehead atoms. The zero-order chi connectivity index (χ0) is 17.2. The van der Waals surface area contributed by atoms with Gasteiger partial charge in [-0.05, 0) is 83.9 Å². The van der Waals surface area contributed by atoms with Crippen LogP contribution < -0.4 is 0 Å². The van der Waals surface area contributed by atoms with E-state index in [9.17, 15) is 0 Å². The first kappa shape index (κ1) is 16.0. The molecule has 2 aliphatic carbocycles. The zero-order valence-corrected chi connectivity index (χ0v) is 15.1. The van der Waals surface area contributed by atoms with Crippen molar-refractivity contribution >= 4 is 29.1 Å². The van der Waals surface area contributed by atoms with Crippen LogP contribution in [-0.4, -0.2) is 5.16 Å². The van der Waals surface area contributed by atoms with Crippen LogP contribution in [0.3, 0.4) is 0 Å². The lowest BCUT2D eigenvalue weighted by Gasteiger charge is -1.99. The van der Waals surface area contributed by atoms with Crippen LogP contribution in [-0.2, 0) is 12.8 Å². The van der Waals surface area contributed by atoms with Gasteiger partial charge in [-0.15, -0.1) is 0 Å². The summed E-state index contributed by atoms with van der Waals surface area (Å²) in [6.07, 6.45) is 5.62. The third-order valence-electron chi connectivity index (χ3n) is 5.11. The number of thiocarbonyl (C=S) groups is 1. The maximum absolute atomic E-state index is 4.67. The van der Waals surface area contributed by atoms with Crippen molar-refractivity contribution in [3.8, 4) is 11.8 Å². The number of hydrogen-bond acceptors (Lipinski definition) is 2. The summed E-state index contributed by atoms with van der Waals surface area (Å²) < 4.78 is 0. The molecule has 0 saturated heterocycles. The molecule has 0 N–H and O–H groups in total. The van der Waals surface area contributed by atoms with Crippen molar-refractivity contribution in [3.05, 3.63) is 70.3 Å². The number of benzene rings is 2. The molecule has 122 valence electrons. The average Bonchev–Trinajstić information content (AvgIpc) is 3.15. The Morgan fingerprint density at radius 3 is 2.64 bits per heavy atom. The fourth-order valence-electron chi connectivity index (χ4n) is 3.40. The Bertz CT molecular complexity index is 950. The van der Waals surface area contributed by atoms with Crippen LogP contribution in [0.25, 0.3) is 6.08 Å². The van der Waals surface area contributed by atoms with Gasteiger partial charge in [0.05, 0.1) is 10.8 Å². The van der Waals surface area contributed by atoms with Crippen LogP contribution in [0, 0.1) is 23.7 Å². The van der Waals surface area contributed by atoms with Crippen molar-refractivity contribution in [3.63, 3.8) is 0 Å². The molecule has 2 aromatic carbocycles. The molecule has 25 heavy (non-hydrogen) atoms. The summed E-state index contributed by atoms with van der Waals surface area (Å²) in [5, 5.41) is 2.42. The Balaban J connectivity index is 1.44. The van der Waals surface area contributed by atoms with E-state index in [0.29, 0.717) is 0 Å². The van der Waals surface area contributed by atoms with Crippen molar-refractivity contribution in [1.82, 2.24) is 0 Å². The minimum atomic E-state index is 0.858. The molecule has 0 heterocycles. The summed E-state index contributed by atoms with van der Waals surface area (Å²) >= 11 is 4.67. The topological polar surface area (TPSA) is 12.4 Å². The molecule has 2 heteroatoms. The van der Waals surface area contributed by atoms with Gasteiger partial charge in [-0.2, -0.15) is 4.99 Å². The summed E-state index contributed by atoms with van der Waals surface area (Å²) in [7, 11) is 0. The van der Waals surface area contributed by atoms with E-state index in [1.54, 1.807) is 0 Å². The Kier molecular flexibility index (Phi) is 4.36. The van der Waals surface area contributed by atoms with Gasteiger partial charge in [-0.25, -0.2) is 0 Å². The van der Waals surface area contributed by atoms with E-state index < -0.39 is 0 Å². The number of aliphatic imine (C=N–C) groups is 1. The third kappa shape index (κ3) is 3.80. The lowest BCUT2D eigenvalue weighted by Crippen LogP contribution is -1.88. The van der Waals surface area contributed by atoms with E-state index in [1.165, 1.54) is 29.5 Å². The van der Waals surface area contributed by atoms with Crippen LogP contribution in [0.1, 0.15) is 35.6 Å². The minimum Gasteiger partial charge on any atom is -0.195 e. The van der Waals surface area contributed by atoms with Gasteiger partial charge in [0, 0.05) is 17.6 Å². The number of hydrogen-bond donors (Lipinski definition) is 0. The number of nitrogens with zero attached hydrogens (tertiary/aromatic N) is 1. The van der Waals surface area contributed by atoms with Crippen LogP contribution in [0.15, 0.2) is 53.0 Å². The summed E-state index contributed by atoms with van der Waals surface area (Å²) in [4.78, 5) is 4.05. The van der Waals surface area contributed by atoms with Gasteiger partial charge in [0.25, 0.3) is 0 Å². The third-order valence-corrected chi connectivity index (χ3v) is 5.20. The van der Waals surface area contributed by atoms with Crippen LogP contribution in [0.5, 0.6) is 0 Å². The lowest BCUT2D eigenvalue weighted by atomic mass is 10.1. The first-order chi connectivity index (χ1) is 12.2. The Morgan fingerprint density at radius 2 is 1.92 bits per heavy atom. The van der Waals surface area contributed by atoms with E-state index >= 15 is 0 Å². The van der Waals surface area contributed by atoms with Gasteiger partial charge in [-0.3, -0.25) is 0 Å². The fourth-order valence-corrected chi connectivity index (χ4v) is 3.50. The quantitative estimate of drug-likeness (QED) is 0.401. The largest absolute Gasteiger partial charge is 0.195 e. The molecule has 0 radical (unpaired) electrons. The summed E-state index contributed by atoms with van der Waals surface area (Å²) in [6, 6.07) is 14.8. The van der Waals surface area contributed by atoms with Gasteiger partial charge in [0.2, 0.25) is 0 Å². The van der Waals surface area contributed by atoms with Gasteiger partial charge >= 0.3 is 0 Å². The first-order valence-corrected chi connectivity index (χ1v) is 9.14. The van der Waals surface area contributed by atoms with Crippen molar-refractivity contribution in [2.75, 3.05) is 0 Å². The summed E-state index contributed by atoms with van der Waals surface area (Å²) in [5.41, 5.74) is 6.99. The normalized spacial score (nSPS) is 20.0. The Hall–Kier alpha value is -2.46. The molecule has 1 fully saturated rings. The minimum absolute atomic E-state index is 0.858. The van der Waals surface area contributed by atoms with Crippen molar-refractivity contribution in [1.29, 1.82) is 0 Å². The van der Waals surface area contributed by atoms with Gasteiger partial charge in [0.15, 0.2) is 0 Å². The van der Waals surface area contributed by atoms with Crippen molar-refractivity contribution in [2.45, 2.75) is 26.2 Å². The molecule has 2 aromatic rings. The number of rotatable bonds is 3. The van der Waals surface area contributed by atoms with E-state index in [0.717, 1.165) is 35.1 Å². The molecular formula is C23H19NS. The van der Waals surface area contributed by atoms with E-state index in [1.807, 2.05) is 6.07 Å². The highest BCUT2D eigenvalue weighted by Crippen LogP contribution is 2.40. The second-order valence-electron chi connectivity index (χ2n) is 7.06. The zero-order valence-electron chi connectivity index (χ0n) is 14.3. The van der Waals surface area contributed by atoms with E-state index in [2.05, 4.69) is 83.6 Å². The van der Waals surface area contributed by atoms with Crippen molar-refractivity contribution < 1.29 is 0 Å². The maximum atomic E-state index is 4.67. The molecule has 2 atom stereocenters. The predicted octanol–water partition coefficient (Wildman–Crippen LogP) is 5.61. The van der Waals surface area contributed by atoms with Crippen molar-refractivity contribution in [2.24, 2.45) is 16.8 Å². The molecular weight excluding hydrogens is 322 g/mol. The second kappa shape index (κ2) is 6.81. The SMILES string of the molecule is CC1CC1Cc1ccc(C#CC2=Cc3ccc(N=C=S)cc3C2)cc1. The second-order valence-corrected chi connectivity index (χ2v) is 7.24. The predicted molar refractivity (Wildman–Crippen MR) is 107 cm³/mol. The van der Waals surface area contributed by atoms with E-state index in [-0.39, 0.29) is 0 Å². The molecule has 2 unspecified atom stereocenters. The van der Waals surface area contributed by atoms with Gasteiger partial charge < -0.3 is 0 Å². The highest BCUT2D eigenvalue weighted by atomic mass is 32.1. The summed E-state index contributed by atoms with van der Waals surface area (Å²) in [5.74, 6) is 8.42. The van der Waals surface area contributed by atoms with Crippen LogP contribution >= 0.6 is 12.2 Å².